The Labute approximate surface area is 153 Å². The lowest BCUT2D eigenvalue weighted by Gasteiger charge is -2.31. The van der Waals surface area contributed by atoms with Gasteiger partial charge in [0.1, 0.15) is 6.54 Å². The van der Waals surface area contributed by atoms with Gasteiger partial charge >= 0.3 is 0 Å². The molecule has 2 aromatic rings. The molecule has 0 atom stereocenters. The third-order valence-corrected chi connectivity index (χ3v) is 3.70. The van der Waals surface area contributed by atoms with Crippen LogP contribution in [0, 0.1) is 6.92 Å². The van der Waals surface area contributed by atoms with Crippen LogP contribution >= 0.6 is 24.0 Å². The highest BCUT2D eigenvalue weighted by molar-refractivity contribution is 14.0. The molecule has 3 rings (SSSR count). The summed E-state index contributed by atoms with van der Waals surface area (Å²) in [4.78, 5) is 11.1. The Kier molecular flexibility index (Phi) is 6.37. The van der Waals surface area contributed by atoms with Crippen LogP contribution in [0.1, 0.15) is 29.8 Å². The van der Waals surface area contributed by atoms with E-state index in [-0.39, 0.29) is 24.0 Å². The zero-order valence-corrected chi connectivity index (χ0v) is 15.8. The number of aromatic nitrogens is 2. The van der Waals surface area contributed by atoms with Gasteiger partial charge in [-0.3, -0.25) is 0 Å². The van der Waals surface area contributed by atoms with Crippen molar-refractivity contribution in [2.75, 3.05) is 13.1 Å². The van der Waals surface area contributed by atoms with E-state index in [1.807, 2.05) is 0 Å². The first-order valence-corrected chi connectivity index (χ1v) is 7.65. The van der Waals surface area contributed by atoms with E-state index in [0.29, 0.717) is 18.3 Å². The van der Waals surface area contributed by atoms with Crippen LogP contribution in [0.4, 0.5) is 0 Å². The van der Waals surface area contributed by atoms with Crippen LogP contribution in [0.25, 0.3) is 0 Å². The molecule has 0 spiro atoms. The lowest BCUT2D eigenvalue weighted by atomic mass is 10.0. The fourth-order valence-corrected chi connectivity index (χ4v) is 2.65. The smallest absolute Gasteiger partial charge is 0.223 e. The molecule has 124 valence electrons. The normalized spacial score (nSPS) is 14.2. The Hall–Kier alpha value is -1.64. The molecular formula is C16H22IN5O. The maximum atomic E-state index is 4.98. The molecule has 1 aromatic carbocycles. The minimum Gasteiger partial charge on any atom is -0.356 e. The predicted octanol–water partition coefficient (Wildman–Crippen LogP) is 2.52. The zero-order chi connectivity index (χ0) is 15.4. The van der Waals surface area contributed by atoms with Crippen LogP contribution in [0.2, 0.25) is 0 Å². The van der Waals surface area contributed by atoms with Gasteiger partial charge in [0, 0.05) is 26.6 Å². The van der Waals surface area contributed by atoms with E-state index in [0.717, 1.165) is 32.0 Å². The number of aryl methyl sites for hydroxylation is 1. The monoisotopic (exact) mass is 427 g/mol. The van der Waals surface area contributed by atoms with Crippen molar-refractivity contribution in [1.29, 1.82) is 0 Å². The van der Waals surface area contributed by atoms with E-state index < -0.39 is 0 Å². The first-order chi connectivity index (χ1) is 10.8. The number of aliphatic imine (C=N–C) groups is 1. The average molecular weight is 427 g/mol. The van der Waals surface area contributed by atoms with Crippen molar-refractivity contribution in [2.24, 2.45) is 4.99 Å². The van der Waals surface area contributed by atoms with Gasteiger partial charge < -0.3 is 14.7 Å². The van der Waals surface area contributed by atoms with Gasteiger partial charge in [-0.05, 0) is 24.5 Å². The molecule has 1 N–H and O–H groups in total. The van der Waals surface area contributed by atoms with Gasteiger partial charge in [0.05, 0.1) is 0 Å². The quantitative estimate of drug-likeness (QED) is 0.464. The number of halogens is 1. The van der Waals surface area contributed by atoms with Crippen LogP contribution in [-0.2, 0) is 19.5 Å². The SMILES string of the molecule is CCNC(=NCc1noc(C)n1)N1CCc2ccccc2C1.I. The van der Waals surface area contributed by atoms with E-state index in [1.54, 1.807) is 6.92 Å². The maximum absolute atomic E-state index is 4.98. The van der Waals surface area contributed by atoms with Crippen LogP contribution in [-0.4, -0.2) is 34.1 Å². The van der Waals surface area contributed by atoms with Crippen LogP contribution in [0.5, 0.6) is 0 Å². The van der Waals surface area contributed by atoms with Crippen molar-refractivity contribution >= 4 is 29.9 Å². The van der Waals surface area contributed by atoms with Gasteiger partial charge in [-0.2, -0.15) is 4.98 Å². The summed E-state index contributed by atoms with van der Waals surface area (Å²) in [5.41, 5.74) is 2.80. The van der Waals surface area contributed by atoms with E-state index in [1.165, 1.54) is 11.1 Å². The van der Waals surface area contributed by atoms with Crippen molar-refractivity contribution in [3.63, 3.8) is 0 Å². The number of hydrogen-bond acceptors (Lipinski definition) is 4. The number of fused-ring (bicyclic) bond motifs is 1. The molecule has 7 heteroatoms. The highest BCUT2D eigenvalue weighted by atomic mass is 127. The Bertz CT molecular complexity index is 670. The molecule has 2 heterocycles. The number of rotatable bonds is 3. The highest BCUT2D eigenvalue weighted by Crippen LogP contribution is 2.18. The standard InChI is InChI=1S/C16H21N5O.HI/c1-3-17-16(18-10-15-19-12(2)22-20-15)21-9-8-13-6-4-5-7-14(13)11-21;/h4-7H,3,8-11H2,1-2H3,(H,17,18);1H. The molecule has 23 heavy (non-hydrogen) atoms. The number of guanidine groups is 1. The number of benzene rings is 1. The molecule has 0 unspecified atom stereocenters. The van der Waals surface area contributed by atoms with Crippen LogP contribution in [0.3, 0.4) is 0 Å². The molecule has 0 saturated carbocycles. The molecule has 0 saturated heterocycles. The lowest BCUT2D eigenvalue weighted by Crippen LogP contribution is -2.44. The van der Waals surface area contributed by atoms with Crippen molar-refractivity contribution in [1.82, 2.24) is 20.4 Å². The Morgan fingerprint density at radius 2 is 2.13 bits per heavy atom. The van der Waals surface area contributed by atoms with Crippen molar-refractivity contribution in [3.8, 4) is 0 Å². The maximum Gasteiger partial charge on any atom is 0.223 e. The van der Waals surface area contributed by atoms with E-state index in [4.69, 9.17) is 4.52 Å². The third-order valence-electron chi connectivity index (χ3n) is 3.70. The second kappa shape index (κ2) is 8.28. The minimum atomic E-state index is 0. The number of nitrogens with zero attached hydrogens (tertiary/aromatic N) is 4. The zero-order valence-electron chi connectivity index (χ0n) is 13.5. The second-order valence-electron chi connectivity index (χ2n) is 5.34. The Balaban J connectivity index is 0.00000192. The molecule has 0 aliphatic carbocycles. The van der Waals surface area contributed by atoms with E-state index in [2.05, 4.69) is 56.5 Å². The number of nitrogens with one attached hydrogen (secondary N) is 1. The second-order valence-corrected chi connectivity index (χ2v) is 5.34. The summed E-state index contributed by atoms with van der Waals surface area (Å²) in [5, 5.41) is 7.24. The fraction of sp³-hybridized carbons (Fsp3) is 0.438. The van der Waals surface area contributed by atoms with Crippen LogP contribution < -0.4 is 5.32 Å². The molecule has 1 aliphatic rings. The Morgan fingerprint density at radius 3 is 2.83 bits per heavy atom. The topological polar surface area (TPSA) is 66.5 Å². The van der Waals surface area contributed by atoms with Crippen molar-refractivity contribution in [2.45, 2.75) is 33.4 Å². The first kappa shape index (κ1) is 17.7. The summed E-state index contributed by atoms with van der Waals surface area (Å²) in [6.45, 7) is 6.97. The first-order valence-electron chi connectivity index (χ1n) is 7.65. The van der Waals surface area contributed by atoms with Gasteiger partial charge in [-0.1, -0.05) is 29.4 Å². The molecule has 1 aromatic heterocycles. The molecular weight excluding hydrogens is 405 g/mol. The minimum absolute atomic E-state index is 0. The largest absolute Gasteiger partial charge is 0.356 e. The van der Waals surface area contributed by atoms with E-state index >= 15 is 0 Å². The fourth-order valence-electron chi connectivity index (χ4n) is 2.65. The summed E-state index contributed by atoms with van der Waals surface area (Å²) in [6.07, 6.45) is 1.04. The lowest BCUT2D eigenvalue weighted by molar-refractivity contribution is 0.376. The van der Waals surface area contributed by atoms with E-state index in [9.17, 15) is 0 Å². The van der Waals surface area contributed by atoms with Gasteiger partial charge in [0.15, 0.2) is 11.8 Å². The van der Waals surface area contributed by atoms with Crippen molar-refractivity contribution in [3.05, 3.63) is 47.1 Å². The molecule has 0 bridgehead atoms. The molecule has 6 nitrogen and oxygen atoms in total. The average Bonchev–Trinajstić information content (AvgIpc) is 2.96. The number of hydrogen-bond donors (Lipinski definition) is 1. The van der Waals surface area contributed by atoms with Crippen molar-refractivity contribution < 1.29 is 4.52 Å². The summed E-state index contributed by atoms with van der Waals surface area (Å²) in [6, 6.07) is 8.59. The molecule has 0 amide bonds. The third kappa shape index (κ3) is 4.43. The van der Waals surface area contributed by atoms with Gasteiger partial charge in [0.2, 0.25) is 5.89 Å². The molecule has 0 radical (unpaired) electrons. The molecule has 1 aliphatic heterocycles. The Morgan fingerprint density at radius 1 is 1.35 bits per heavy atom. The van der Waals surface area contributed by atoms with Gasteiger partial charge in [0.25, 0.3) is 0 Å². The summed E-state index contributed by atoms with van der Waals surface area (Å²) in [5.74, 6) is 2.09. The summed E-state index contributed by atoms with van der Waals surface area (Å²) >= 11 is 0. The van der Waals surface area contributed by atoms with Gasteiger partial charge in [-0.25, -0.2) is 4.99 Å². The summed E-state index contributed by atoms with van der Waals surface area (Å²) < 4.78 is 4.98. The van der Waals surface area contributed by atoms with Gasteiger partial charge in [-0.15, -0.1) is 24.0 Å². The van der Waals surface area contributed by atoms with Crippen LogP contribution in [0.15, 0.2) is 33.8 Å². The summed E-state index contributed by atoms with van der Waals surface area (Å²) in [7, 11) is 0. The predicted molar refractivity (Wildman–Crippen MR) is 99.8 cm³/mol. The highest BCUT2D eigenvalue weighted by Gasteiger charge is 2.18. The molecule has 0 fully saturated rings.